The summed E-state index contributed by atoms with van der Waals surface area (Å²) in [5, 5.41) is 0. The highest BCUT2D eigenvalue weighted by molar-refractivity contribution is 5.81. The predicted molar refractivity (Wildman–Crippen MR) is 93.5 cm³/mol. The Morgan fingerprint density at radius 1 is 0.640 bits per heavy atom. The third kappa shape index (κ3) is 16.2. The Balaban J connectivity index is 3.14. The molecule has 0 aliphatic heterocycles. The topological polar surface area (TPSA) is 80.3 Å². The number of esters is 1. The van der Waals surface area contributed by atoms with Crippen LogP contribution in [0.25, 0.3) is 0 Å². The average molecular weight is 362 g/mol. The maximum Gasteiger partial charge on any atom is 0.308 e. The highest BCUT2D eigenvalue weighted by atomic mass is 16.6. The number of ether oxygens (including phenoxy) is 5. The van der Waals surface area contributed by atoms with E-state index in [9.17, 15) is 9.59 Å². The summed E-state index contributed by atoms with van der Waals surface area (Å²) < 4.78 is 26.3. The van der Waals surface area contributed by atoms with Crippen molar-refractivity contribution in [2.24, 2.45) is 11.8 Å². The fourth-order valence-corrected chi connectivity index (χ4v) is 1.50. The van der Waals surface area contributed by atoms with Gasteiger partial charge < -0.3 is 23.7 Å². The summed E-state index contributed by atoms with van der Waals surface area (Å²) in [5.74, 6) is -0.168. The van der Waals surface area contributed by atoms with Crippen LogP contribution in [0, 0.1) is 11.8 Å². The molecule has 0 saturated heterocycles. The van der Waals surface area contributed by atoms with Gasteiger partial charge in [-0.05, 0) is 0 Å². The van der Waals surface area contributed by atoms with Crippen molar-refractivity contribution in [2.75, 3.05) is 59.5 Å². The summed E-state index contributed by atoms with van der Waals surface area (Å²) in [6.45, 7) is 11.2. The van der Waals surface area contributed by atoms with Gasteiger partial charge in [0.25, 0.3) is 0 Å². The van der Waals surface area contributed by atoms with E-state index in [0.29, 0.717) is 59.3 Å². The lowest BCUT2D eigenvalue weighted by molar-refractivity contribution is -0.147. The molecule has 0 rings (SSSR count). The van der Waals surface area contributed by atoms with Crippen LogP contribution in [0.3, 0.4) is 0 Å². The summed E-state index contributed by atoms with van der Waals surface area (Å²) in [6, 6.07) is 0. The first-order chi connectivity index (χ1) is 11.9. The van der Waals surface area contributed by atoms with E-state index in [1.807, 2.05) is 13.8 Å². The normalized spacial score (nSPS) is 11.3. The molecule has 0 aliphatic rings. The molecule has 0 aliphatic carbocycles. The number of rotatable bonds is 17. The zero-order valence-electron chi connectivity index (χ0n) is 16.1. The smallest absolute Gasteiger partial charge is 0.308 e. The lowest BCUT2D eigenvalue weighted by Crippen LogP contribution is -2.17. The Kier molecular flexibility index (Phi) is 15.8. The van der Waals surface area contributed by atoms with E-state index in [2.05, 4.69) is 0 Å². The highest BCUT2D eigenvalue weighted by Gasteiger charge is 2.07. The van der Waals surface area contributed by atoms with Gasteiger partial charge in [0.2, 0.25) is 0 Å². The second kappa shape index (κ2) is 16.4. The van der Waals surface area contributed by atoms with Crippen molar-refractivity contribution in [3.63, 3.8) is 0 Å². The molecule has 0 aromatic carbocycles. The molecule has 0 bridgehead atoms. The number of carbonyl (C=O) groups excluding carboxylic acids is 2. The van der Waals surface area contributed by atoms with Gasteiger partial charge in [0.1, 0.15) is 6.61 Å². The van der Waals surface area contributed by atoms with E-state index in [-0.39, 0.29) is 30.2 Å². The van der Waals surface area contributed by atoms with Gasteiger partial charge in [-0.1, -0.05) is 27.7 Å². The molecule has 7 heteroatoms. The van der Waals surface area contributed by atoms with Crippen LogP contribution in [-0.4, -0.2) is 71.2 Å². The SMILES string of the molecule is CC(C)C(=O)COCCOCCOCCOCCCOC(=O)C(C)C. The maximum absolute atomic E-state index is 11.3. The molecule has 0 fully saturated rings. The van der Waals surface area contributed by atoms with E-state index in [1.165, 1.54) is 0 Å². The molecular weight excluding hydrogens is 328 g/mol. The number of hydrogen-bond donors (Lipinski definition) is 0. The van der Waals surface area contributed by atoms with Gasteiger partial charge in [-0.3, -0.25) is 9.59 Å². The molecule has 7 nitrogen and oxygen atoms in total. The number of hydrogen-bond acceptors (Lipinski definition) is 7. The van der Waals surface area contributed by atoms with Crippen molar-refractivity contribution in [2.45, 2.75) is 34.1 Å². The molecule has 25 heavy (non-hydrogen) atoms. The van der Waals surface area contributed by atoms with Gasteiger partial charge in [-0.15, -0.1) is 0 Å². The van der Waals surface area contributed by atoms with Crippen molar-refractivity contribution in [1.29, 1.82) is 0 Å². The molecule has 0 unspecified atom stereocenters. The van der Waals surface area contributed by atoms with Crippen molar-refractivity contribution in [3.05, 3.63) is 0 Å². The van der Waals surface area contributed by atoms with Gasteiger partial charge in [-0.25, -0.2) is 0 Å². The zero-order chi connectivity index (χ0) is 18.9. The van der Waals surface area contributed by atoms with E-state index in [1.54, 1.807) is 13.8 Å². The minimum Gasteiger partial charge on any atom is -0.465 e. The average Bonchev–Trinajstić information content (AvgIpc) is 2.57. The molecule has 0 atom stereocenters. The molecule has 0 spiro atoms. The summed E-state index contributed by atoms with van der Waals surface area (Å²) in [5.41, 5.74) is 0. The van der Waals surface area contributed by atoms with Gasteiger partial charge in [-0.2, -0.15) is 0 Å². The van der Waals surface area contributed by atoms with E-state index in [4.69, 9.17) is 23.7 Å². The Bertz CT molecular complexity index is 310. The van der Waals surface area contributed by atoms with E-state index < -0.39 is 0 Å². The Morgan fingerprint density at radius 3 is 1.60 bits per heavy atom. The van der Waals surface area contributed by atoms with Crippen LogP contribution in [0.2, 0.25) is 0 Å². The fraction of sp³-hybridized carbons (Fsp3) is 0.889. The monoisotopic (exact) mass is 362 g/mol. The molecule has 0 aromatic heterocycles. The third-order valence-corrected chi connectivity index (χ3v) is 3.15. The lowest BCUT2D eigenvalue weighted by Gasteiger charge is -2.08. The van der Waals surface area contributed by atoms with Crippen LogP contribution in [0.4, 0.5) is 0 Å². The Labute approximate surface area is 151 Å². The third-order valence-electron chi connectivity index (χ3n) is 3.15. The highest BCUT2D eigenvalue weighted by Crippen LogP contribution is 1.97. The minimum atomic E-state index is -0.180. The fourth-order valence-electron chi connectivity index (χ4n) is 1.50. The number of carbonyl (C=O) groups is 2. The lowest BCUT2D eigenvalue weighted by atomic mass is 10.1. The van der Waals surface area contributed by atoms with Gasteiger partial charge in [0.05, 0.1) is 52.2 Å². The van der Waals surface area contributed by atoms with E-state index in [0.717, 1.165) is 0 Å². The number of ketones is 1. The van der Waals surface area contributed by atoms with Crippen LogP contribution in [0.1, 0.15) is 34.1 Å². The minimum absolute atomic E-state index is 0.00611. The molecular formula is C18H34O7. The van der Waals surface area contributed by atoms with Crippen LogP contribution in [-0.2, 0) is 33.3 Å². The molecule has 148 valence electrons. The van der Waals surface area contributed by atoms with Gasteiger partial charge in [0.15, 0.2) is 5.78 Å². The van der Waals surface area contributed by atoms with E-state index >= 15 is 0 Å². The summed E-state index contributed by atoms with van der Waals surface area (Å²) in [6.07, 6.45) is 0.681. The first kappa shape index (κ1) is 24.0. The standard InChI is InChI=1S/C18H34O7/c1-15(2)17(19)14-24-13-12-23-11-10-22-9-8-21-6-5-7-25-18(20)16(3)4/h15-16H,5-14H2,1-4H3. The van der Waals surface area contributed by atoms with Crippen molar-refractivity contribution in [3.8, 4) is 0 Å². The van der Waals surface area contributed by atoms with Crippen molar-refractivity contribution >= 4 is 11.8 Å². The summed E-state index contributed by atoms with van der Waals surface area (Å²) in [7, 11) is 0. The van der Waals surface area contributed by atoms with Crippen LogP contribution < -0.4 is 0 Å². The molecule has 0 radical (unpaired) electrons. The largest absolute Gasteiger partial charge is 0.465 e. The number of Topliss-reactive ketones (excluding diaryl/α,β-unsaturated/α-hetero) is 1. The first-order valence-electron chi connectivity index (χ1n) is 8.95. The predicted octanol–water partition coefficient (Wildman–Crippen LogP) is 1.87. The Morgan fingerprint density at radius 2 is 1.12 bits per heavy atom. The zero-order valence-corrected chi connectivity index (χ0v) is 16.1. The molecule has 0 heterocycles. The van der Waals surface area contributed by atoms with Crippen LogP contribution in [0.5, 0.6) is 0 Å². The van der Waals surface area contributed by atoms with Crippen molar-refractivity contribution in [1.82, 2.24) is 0 Å². The van der Waals surface area contributed by atoms with Crippen LogP contribution in [0.15, 0.2) is 0 Å². The van der Waals surface area contributed by atoms with Crippen LogP contribution >= 0.6 is 0 Å². The molecule has 0 saturated carbocycles. The molecule has 0 amide bonds. The van der Waals surface area contributed by atoms with Gasteiger partial charge in [0, 0.05) is 18.9 Å². The molecule has 0 N–H and O–H groups in total. The first-order valence-corrected chi connectivity index (χ1v) is 8.95. The van der Waals surface area contributed by atoms with Gasteiger partial charge >= 0.3 is 5.97 Å². The Hall–Kier alpha value is -1.02. The van der Waals surface area contributed by atoms with Crippen molar-refractivity contribution < 1.29 is 33.3 Å². The summed E-state index contributed by atoms with van der Waals surface area (Å²) >= 11 is 0. The second-order valence-corrected chi connectivity index (χ2v) is 6.19. The second-order valence-electron chi connectivity index (χ2n) is 6.19. The summed E-state index contributed by atoms with van der Waals surface area (Å²) in [4.78, 5) is 22.5. The maximum atomic E-state index is 11.3. The quantitative estimate of drug-likeness (QED) is 0.289. The molecule has 0 aromatic rings.